The summed E-state index contributed by atoms with van der Waals surface area (Å²) in [5.74, 6) is 0.0247. The summed E-state index contributed by atoms with van der Waals surface area (Å²) in [6, 6.07) is 6.52. The lowest BCUT2D eigenvalue weighted by atomic mass is 9.89. The van der Waals surface area contributed by atoms with Gasteiger partial charge in [0.05, 0.1) is 6.04 Å². The van der Waals surface area contributed by atoms with Crippen LogP contribution in [0.3, 0.4) is 0 Å². The van der Waals surface area contributed by atoms with Crippen molar-refractivity contribution in [1.29, 1.82) is 0 Å². The first-order valence-electron chi connectivity index (χ1n) is 9.72. The van der Waals surface area contributed by atoms with Gasteiger partial charge >= 0.3 is 0 Å². The number of nitrogens with one attached hydrogen (secondary N) is 2. The van der Waals surface area contributed by atoms with Crippen molar-refractivity contribution in [2.75, 3.05) is 0 Å². The third kappa shape index (κ3) is 2.98. The zero-order valence-electron chi connectivity index (χ0n) is 15.6. The van der Waals surface area contributed by atoms with Gasteiger partial charge in [0.15, 0.2) is 5.78 Å². The highest BCUT2D eigenvalue weighted by atomic mass is 16.2. The van der Waals surface area contributed by atoms with Crippen molar-refractivity contribution in [3.05, 3.63) is 57.4 Å². The van der Waals surface area contributed by atoms with Gasteiger partial charge in [-0.25, -0.2) is 0 Å². The van der Waals surface area contributed by atoms with Gasteiger partial charge in [0.1, 0.15) is 5.69 Å². The van der Waals surface area contributed by atoms with Crippen LogP contribution in [-0.2, 0) is 19.3 Å². The van der Waals surface area contributed by atoms with Crippen LogP contribution in [0.5, 0.6) is 0 Å². The summed E-state index contributed by atoms with van der Waals surface area (Å²) < 4.78 is 0. The molecule has 1 heterocycles. The molecular formula is C22H26N2O2. The smallest absolute Gasteiger partial charge is 0.268 e. The maximum absolute atomic E-state index is 12.8. The van der Waals surface area contributed by atoms with Gasteiger partial charge in [0, 0.05) is 17.7 Å². The molecule has 0 spiro atoms. The molecule has 0 saturated carbocycles. The molecule has 0 fully saturated rings. The number of carbonyl (C=O) groups excluding carboxylic acids is 2. The number of rotatable bonds is 3. The average molecular weight is 350 g/mol. The number of hydrogen-bond acceptors (Lipinski definition) is 2. The van der Waals surface area contributed by atoms with E-state index in [1.54, 1.807) is 0 Å². The number of H-pyrrole nitrogens is 1. The molecule has 0 saturated heterocycles. The van der Waals surface area contributed by atoms with Crippen LogP contribution < -0.4 is 5.32 Å². The van der Waals surface area contributed by atoms with E-state index in [1.807, 2.05) is 13.8 Å². The van der Waals surface area contributed by atoms with Crippen LogP contribution >= 0.6 is 0 Å². The predicted octanol–water partition coefficient (Wildman–Crippen LogP) is 4.21. The number of aromatic nitrogens is 1. The fraction of sp³-hybridized carbons (Fsp3) is 0.455. The largest absolute Gasteiger partial charge is 0.354 e. The monoisotopic (exact) mass is 350 g/mol. The van der Waals surface area contributed by atoms with Gasteiger partial charge in [0.2, 0.25) is 0 Å². The average Bonchev–Trinajstić information content (AvgIpc) is 2.99. The second kappa shape index (κ2) is 6.75. The van der Waals surface area contributed by atoms with Crippen LogP contribution in [0, 0.1) is 6.92 Å². The van der Waals surface area contributed by atoms with E-state index in [1.165, 1.54) is 24.0 Å². The standard InChI is InChI=1S/C22H26N2O2/c1-13-20-18(8-5-9-19(20)25)24-21(13)22(26)23-14(2)16-11-10-15-6-3-4-7-17(15)12-16/h10-12,14,24H,3-9H2,1-2H3,(H,23,26). The Bertz CT molecular complexity index is 879. The molecule has 0 aliphatic heterocycles. The number of hydrogen-bond donors (Lipinski definition) is 2. The fourth-order valence-electron chi connectivity index (χ4n) is 4.38. The van der Waals surface area contributed by atoms with Crippen molar-refractivity contribution in [1.82, 2.24) is 10.3 Å². The molecule has 26 heavy (non-hydrogen) atoms. The highest BCUT2D eigenvalue weighted by Crippen LogP contribution is 2.28. The lowest BCUT2D eigenvalue weighted by Crippen LogP contribution is -2.27. The zero-order valence-corrected chi connectivity index (χ0v) is 15.6. The van der Waals surface area contributed by atoms with Crippen molar-refractivity contribution < 1.29 is 9.59 Å². The minimum Gasteiger partial charge on any atom is -0.354 e. The van der Waals surface area contributed by atoms with Gasteiger partial charge in [-0.1, -0.05) is 18.2 Å². The number of ketones is 1. The summed E-state index contributed by atoms with van der Waals surface area (Å²) in [4.78, 5) is 28.2. The zero-order chi connectivity index (χ0) is 18.3. The summed E-state index contributed by atoms with van der Waals surface area (Å²) in [7, 11) is 0. The fourth-order valence-corrected chi connectivity index (χ4v) is 4.38. The van der Waals surface area contributed by atoms with Crippen molar-refractivity contribution >= 4 is 11.7 Å². The van der Waals surface area contributed by atoms with Gasteiger partial charge in [-0.2, -0.15) is 0 Å². The van der Waals surface area contributed by atoms with E-state index in [0.717, 1.165) is 48.1 Å². The molecule has 0 radical (unpaired) electrons. The number of carbonyl (C=O) groups is 2. The first-order valence-corrected chi connectivity index (χ1v) is 9.72. The molecule has 2 N–H and O–H groups in total. The minimum absolute atomic E-state index is 0.0647. The van der Waals surface area contributed by atoms with E-state index in [2.05, 4.69) is 28.5 Å². The van der Waals surface area contributed by atoms with Crippen molar-refractivity contribution in [2.45, 2.75) is 64.8 Å². The van der Waals surface area contributed by atoms with Crippen molar-refractivity contribution in [3.8, 4) is 0 Å². The second-order valence-electron chi connectivity index (χ2n) is 7.69. The number of aromatic amines is 1. The van der Waals surface area contributed by atoms with Gasteiger partial charge in [-0.3, -0.25) is 9.59 Å². The second-order valence-corrected chi connectivity index (χ2v) is 7.69. The highest BCUT2D eigenvalue weighted by Gasteiger charge is 2.27. The Morgan fingerprint density at radius 1 is 1.08 bits per heavy atom. The third-order valence-electron chi connectivity index (χ3n) is 5.88. The molecule has 1 amide bonds. The Morgan fingerprint density at radius 2 is 1.85 bits per heavy atom. The van der Waals surface area contributed by atoms with E-state index in [-0.39, 0.29) is 17.7 Å². The van der Waals surface area contributed by atoms with Gasteiger partial charge in [-0.15, -0.1) is 0 Å². The highest BCUT2D eigenvalue weighted by molar-refractivity contribution is 6.04. The molecular weight excluding hydrogens is 324 g/mol. The summed E-state index contributed by atoms with van der Waals surface area (Å²) in [6.45, 7) is 3.89. The molecule has 2 aliphatic rings. The number of aryl methyl sites for hydroxylation is 3. The molecule has 136 valence electrons. The van der Waals surface area contributed by atoms with E-state index in [4.69, 9.17) is 0 Å². The number of benzene rings is 1. The Kier molecular flexibility index (Phi) is 4.43. The molecule has 1 atom stereocenters. The first-order chi connectivity index (χ1) is 12.5. The maximum atomic E-state index is 12.8. The van der Waals surface area contributed by atoms with E-state index < -0.39 is 0 Å². The Labute approximate surface area is 154 Å². The lowest BCUT2D eigenvalue weighted by Gasteiger charge is -2.20. The number of amides is 1. The number of Topliss-reactive ketones (excluding diaryl/α,β-unsaturated/α-hetero) is 1. The maximum Gasteiger partial charge on any atom is 0.268 e. The molecule has 1 aromatic heterocycles. The minimum atomic E-state index is -0.130. The molecule has 4 nitrogen and oxygen atoms in total. The Balaban J connectivity index is 1.54. The van der Waals surface area contributed by atoms with Crippen LogP contribution in [0.25, 0.3) is 0 Å². The van der Waals surface area contributed by atoms with Gasteiger partial charge in [0.25, 0.3) is 5.91 Å². The topological polar surface area (TPSA) is 62.0 Å². The molecule has 2 aromatic rings. The van der Waals surface area contributed by atoms with Crippen LogP contribution in [0.1, 0.15) is 87.4 Å². The number of fused-ring (bicyclic) bond motifs is 2. The molecule has 4 heteroatoms. The summed E-state index contributed by atoms with van der Waals surface area (Å²) >= 11 is 0. The Hall–Kier alpha value is -2.36. The van der Waals surface area contributed by atoms with Crippen LogP contribution in [0.2, 0.25) is 0 Å². The third-order valence-corrected chi connectivity index (χ3v) is 5.88. The van der Waals surface area contributed by atoms with E-state index in [0.29, 0.717) is 12.1 Å². The van der Waals surface area contributed by atoms with Crippen LogP contribution in [0.15, 0.2) is 18.2 Å². The first kappa shape index (κ1) is 17.1. The van der Waals surface area contributed by atoms with E-state index >= 15 is 0 Å². The molecule has 0 bridgehead atoms. The van der Waals surface area contributed by atoms with Gasteiger partial charge < -0.3 is 10.3 Å². The predicted molar refractivity (Wildman–Crippen MR) is 102 cm³/mol. The van der Waals surface area contributed by atoms with Gasteiger partial charge in [-0.05, 0) is 74.6 Å². The van der Waals surface area contributed by atoms with Crippen LogP contribution in [-0.4, -0.2) is 16.7 Å². The van der Waals surface area contributed by atoms with Crippen LogP contribution in [0.4, 0.5) is 0 Å². The quantitative estimate of drug-likeness (QED) is 0.871. The molecule has 4 rings (SSSR count). The summed E-state index contributed by atoms with van der Waals surface area (Å²) in [6.07, 6.45) is 7.10. The van der Waals surface area contributed by atoms with Crippen molar-refractivity contribution in [2.24, 2.45) is 0 Å². The van der Waals surface area contributed by atoms with Crippen molar-refractivity contribution in [3.63, 3.8) is 0 Å². The lowest BCUT2D eigenvalue weighted by molar-refractivity contribution is 0.0934. The summed E-state index contributed by atoms with van der Waals surface area (Å²) in [5.41, 5.74) is 7.00. The normalized spacial score (nSPS) is 17.4. The molecule has 2 aliphatic carbocycles. The molecule has 1 aromatic carbocycles. The SMILES string of the molecule is Cc1c(C(=O)NC(C)c2ccc3c(c2)CCCC3)[nH]c2c1C(=O)CCC2. The summed E-state index contributed by atoms with van der Waals surface area (Å²) in [5, 5.41) is 3.10. The Morgan fingerprint density at radius 3 is 2.62 bits per heavy atom. The van der Waals surface area contributed by atoms with E-state index in [9.17, 15) is 9.59 Å². The molecule has 1 unspecified atom stereocenters.